The number of carbonyl (C=O) groups is 2. The van der Waals surface area contributed by atoms with E-state index in [4.69, 9.17) is 4.74 Å². The Morgan fingerprint density at radius 3 is 2.16 bits per heavy atom. The predicted octanol–water partition coefficient (Wildman–Crippen LogP) is 3.03. The topological polar surface area (TPSA) is 66.0 Å². The first-order valence-corrected chi connectivity index (χ1v) is 11.2. The van der Waals surface area contributed by atoms with Crippen LogP contribution in [0.5, 0.6) is 11.5 Å². The van der Waals surface area contributed by atoms with Gasteiger partial charge in [-0.15, -0.1) is 0 Å². The first-order chi connectivity index (χ1) is 15.2. The number of benzene rings is 1. The Morgan fingerprint density at radius 1 is 0.806 bits per heavy atom. The number of pyridine rings is 1. The number of likely N-dealkylation sites (tertiary alicyclic amines) is 1. The van der Waals surface area contributed by atoms with E-state index in [0.717, 1.165) is 39.0 Å². The standard InChI is InChI=1S/C24H30N4O3/c29-23(27-12-3-1-2-4-13-27)19-26-14-16-28(17-15-26)24(30)20-7-9-21(10-8-20)31-22-6-5-11-25-18-22/h5-11,18H,1-4,12-17,19H2. The van der Waals surface area contributed by atoms with Gasteiger partial charge < -0.3 is 14.5 Å². The summed E-state index contributed by atoms with van der Waals surface area (Å²) in [5, 5.41) is 0. The number of amides is 2. The molecule has 7 heteroatoms. The number of ether oxygens (including phenoxy) is 1. The Morgan fingerprint density at radius 2 is 1.52 bits per heavy atom. The van der Waals surface area contributed by atoms with Gasteiger partial charge in [-0.05, 0) is 49.2 Å². The van der Waals surface area contributed by atoms with Crippen LogP contribution < -0.4 is 4.74 Å². The summed E-state index contributed by atoms with van der Waals surface area (Å²) in [5.41, 5.74) is 0.646. The third-order valence-corrected chi connectivity index (χ3v) is 5.95. The van der Waals surface area contributed by atoms with Crippen molar-refractivity contribution in [1.82, 2.24) is 19.7 Å². The van der Waals surface area contributed by atoms with Gasteiger partial charge in [-0.25, -0.2) is 0 Å². The summed E-state index contributed by atoms with van der Waals surface area (Å²) >= 11 is 0. The van der Waals surface area contributed by atoms with Crippen molar-refractivity contribution in [3.63, 3.8) is 0 Å². The Hall–Kier alpha value is -2.93. The second kappa shape index (κ2) is 10.4. The van der Waals surface area contributed by atoms with Crippen molar-refractivity contribution in [1.29, 1.82) is 0 Å². The number of piperazine rings is 1. The fraction of sp³-hybridized carbons (Fsp3) is 0.458. The summed E-state index contributed by atoms with van der Waals surface area (Å²) in [6.07, 6.45) is 8.01. The molecule has 164 valence electrons. The first-order valence-electron chi connectivity index (χ1n) is 11.2. The third-order valence-electron chi connectivity index (χ3n) is 5.95. The van der Waals surface area contributed by atoms with Crippen LogP contribution in [0.1, 0.15) is 36.0 Å². The lowest BCUT2D eigenvalue weighted by atomic mass is 10.1. The van der Waals surface area contributed by atoms with Crippen LogP contribution in [0.4, 0.5) is 0 Å². The van der Waals surface area contributed by atoms with E-state index in [0.29, 0.717) is 36.7 Å². The van der Waals surface area contributed by atoms with E-state index >= 15 is 0 Å². The number of hydrogen-bond acceptors (Lipinski definition) is 5. The molecule has 0 spiro atoms. The summed E-state index contributed by atoms with van der Waals surface area (Å²) in [7, 11) is 0. The van der Waals surface area contributed by atoms with Crippen molar-refractivity contribution in [2.24, 2.45) is 0 Å². The lowest BCUT2D eigenvalue weighted by Crippen LogP contribution is -2.51. The minimum Gasteiger partial charge on any atom is -0.456 e. The molecule has 0 atom stereocenters. The van der Waals surface area contributed by atoms with Gasteiger partial charge in [0.05, 0.1) is 12.7 Å². The van der Waals surface area contributed by atoms with E-state index in [-0.39, 0.29) is 11.8 Å². The molecule has 2 aliphatic heterocycles. The fourth-order valence-corrected chi connectivity index (χ4v) is 4.11. The van der Waals surface area contributed by atoms with Gasteiger partial charge in [-0.3, -0.25) is 19.5 Å². The monoisotopic (exact) mass is 422 g/mol. The van der Waals surface area contributed by atoms with Crippen molar-refractivity contribution in [2.45, 2.75) is 25.7 Å². The van der Waals surface area contributed by atoms with Gasteiger partial charge in [0.15, 0.2) is 0 Å². The summed E-state index contributed by atoms with van der Waals surface area (Å²) in [5.74, 6) is 1.58. The van der Waals surface area contributed by atoms with Gasteiger partial charge in [0.1, 0.15) is 11.5 Å². The number of carbonyl (C=O) groups excluding carboxylic acids is 2. The second-order valence-corrected chi connectivity index (χ2v) is 8.18. The summed E-state index contributed by atoms with van der Waals surface area (Å²) in [6.45, 7) is 4.97. The molecule has 1 aromatic carbocycles. The lowest BCUT2D eigenvalue weighted by molar-refractivity contribution is -0.132. The molecule has 7 nitrogen and oxygen atoms in total. The molecule has 2 fully saturated rings. The minimum absolute atomic E-state index is 0.0198. The van der Waals surface area contributed by atoms with Crippen LogP contribution >= 0.6 is 0 Å². The molecule has 2 amide bonds. The maximum absolute atomic E-state index is 12.9. The minimum atomic E-state index is 0.0198. The summed E-state index contributed by atoms with van der Waals surface area (Å²) in [4.78, 5) is 35.5. The van der Waals surface area contributed by atoms with Crippen LogP contribution in [0.15, 0.2) is 48.8 Å². The fourth-order valence-electron chi connectivity index (χ4n) is 4.11. The van der Waals surface area contributed by atoms with E-state index in [1.165, 1.54) is 12.8 Å². The molecule has 3 heterocycles. The van der Waals surface area contributed by atoms with Gasteiger partial charge in [0.25, 0.3) is 5.91 Å². The molecule has 1 aromatic heterocycles. The van der Waals surface area contributed by atoms with Gasteiger partial charge in [-0.1, -0.05) is 12.8 Å². The molecular weight excluding hydrogens is 392 g/mol. The molecule has 0 unspecified atom stereocenters. The number of nitrogens with zero attached hydrogens (tertiary/aromatic N) is 4. The average Bonchev–Trinajstić information content (AvgIpc) is 3.10. The van der Waals surface area contributed by atoms with Crippen LogP contribution in [0.2, 0.25) is 0 Å². The van der Waals surface area contributed by atoms with Crippen LogP contribution in [0.25, 0.3) is 0 Å². The smallest absolute Gasteiger partial charge is 0.253 e. The largest absolute Gasteiger partial charge is 0.456 e. The number of aromatic nitrogens is 1. The SMILES string of the molecule is O=C(CN1CCN(C(=O)c2ccc(Oc3cccnc3)cc2)CC1)N1CCCCCC1. The highest BCUT2D eigenvalue weighted by molar-refractivity contribution is 5.94. The molecule has 4 rings (SSSR count). The van der Waals surface area contributed by atoms with Crippen molar-refractivity contribution >= 4 is 11.8 Å². The summed E-state index contributed by atoms with van der Waals surface area (Å²) < 4.78 is 5.74. The summed E-state index contributed by atoms with van der Waals surface area (Å²) in [6, 6.07) is 10.8. The molecule has 2 aromatic rings. The Kier molecular flexibility index (Phi) is 7.14. The van der Waals surface area contributed by atoms with E-state index < -0.39 is 0 Å². The van der Waals surface area contributed by atoms with Crippen molar-refractivity contribution in [3.8, 4) is 11.5 Å². The van der Waals surface area contributed by atoms with Crippen molar-refractivity contribution < 1.29 is 14.3 Å². The van der Waals surface area contributed by atoms with Crippen LogP contribution in [-0.2, 0) is 4.79 Å². The van der Waals surface area contributed by atoms with Crippen molar-refractivity contribution in [3.05, 3.63) is 54.4 Å². The highest BCUT2D eigenvalue weighted by Crippen LogP contribution is 2.21. The highest BCUT2D eigenvalue weighted by atomic mass is 16.5. The second-order valence-electron chi connectivity index (χ2n) is 8.18. The molecule has 0 aliphatic carbocycles. The van der Waals surface area contributed by atoms with E-state index in [9.17, 15) is 9.59 Å². The molecule has 0 bridgehead atoms. The molecule has 0 N–H and O–H groups in total. The van der Waals surface area contributed by atoms with E-state index in [2.05, 4.69) is 9.88 Å². The normalized spacial score (nSPS) is 17.8. The Bertz CT molecular complexity index is 856. The third kappa shape index (κ3) is 5.82. The number of hydrogen-bond donors (Lipinski definition) is 0. The van der Waals surface area contributed by atoms with Gasteiger partial charge in [-0.2, -0.15) is 0 Å². The van der Waals surface area contributed by atoms with Gasteiger partial charge in [0, 0.05) is 51.0 Å². The average molecular weight is 423 g/mol. The molecule has 0 saturated carbocycles. The zero-order chi connectivity index (χ0) is 21.5. The Balaban J connectivity index is 1.25. The Labute approximate surface area is 183 Å². The predicted molar refractivity (Wildman–Crippen MR) is 118 cm³/mol. The van der Waals surface area contributed by atoms with E-state index in [1.54, 1.807) is 36.7 Å². The van der Waals surface area contributed by atoms with Crippen LogP contribution in [-0.4, -0.2) is 77.3 Å². The molecule has 2 aliphatic rings. The zero-order valence-electron chi connectivity index (χ0n) is 17.9. The van der Waals surface area contributed by atoms with Gasteiger partial charge in [0.2, 0.25) is 5.91 Å². The highest BCUT2D eigenvalue weighted by Gasteiger charge is 2.25. The molecule has 31 heavy (non-hydrogen) atoms. The maximum Gasteiger partial charge on any atom is 0.253 e. The quantitative estimate of drug-likeness (QED) is 0.741. The lowest BCUT2D eigenvalue weighted by Gasteiger charge is -2.35. The van der Waals surface area contributed by atoms with Crippen LogP contribution in [0.3, 0.4) is 0 Å². The van der Waals surface area contributed by atoms with Crippen molar-refractivity contribution in [2.75, 3.05) is 45.8 Å². The zero-order valence-corrected chi connectivity index (χ0v) is 17.9. The van der Waals surface area contributed by atoms with E-state index in [1.807, 2.05) is 21.9 Å². The maximum atomic E-state index is 12.9. The number of rotatable bonds is 5. The molecule has 2 saturated heterocycles. The first kappa shape index (κ1) is 21.3. The molecule has 0 radical (unpaired) electrons. The molecular formula is C24H30N4O3. The van der Waals surface area contributed by atoms with Crippen LogP contribution in [0, 0.1) is 0 Å². The van der Waals surface area contributed by atoms with Gasteiger partial charge >= 0.3 is 0 Å².